The summed E-state index contributed by atoms with van der Waals surface area (Å²) in [6.45, 7) is 6.35. The predicted molar refractivity (Wildman–Crippen MR) is 53.6 cm³/mol. The summed E-state index contributed by atoms with van der Waals surface area (Å²) in [7, 11) is 0. The van der Waals surface area contributed by atoms with E-state index in [0.29, 0.717) is 6.54 Å². The summed E-state index contributed by atoms with van der Waals surface area (Å²) >= 11 is 0. The molecular weight excluding hydrogens is 180 g/mol. The van der Waals surface area contributed by atoms with Crippen molar-refractivity contribution < 1.29 is 9.59 Å². The second-order valence-electron chi connectivity index (χ2n) is 4.06. The van der Waals surface area contributed by atoms with Gasteiger partial charge in [0.1, 0.15) is 0 Å². The zero-order valence-corrected chi connectivity index (χ0v) is 8.91. The van der Waals surface area contributed by atoms with Crippen LogP contribution in [0, 0.1) is 5.41 Å². The van der Waals surface area contributed by atoms with Gasteiger partial charge in [-0.25, -0.2) is 19.6 Å². The highest BCUT2D eigenvalue weighted by Crippen LogP contribution is 2.25. The van der Waals surface area contributed by atoms with E-state index in [2.05, 4.69) is 9.98 Å². The van der Waals surface area contributed by atoms with Gasteiger partial charge < -0.3 is 0 Å². The highest BCUT2D eigenvalue weighted by molar-refractivity contribution is 5.34. The fourth-order valence-corrected chi connectivity index (χ4v) is 1.30. The minimum absolute atomic E-state index is 0.0237. The van der Waals surface area contributed by atoms with Crippen LogP contribution in [-0.4, -0.2) is 24.7 Å². The van der Waals surface area contributed by atoms with Crippen molar-refractivity contribution >= 4 is 12.2 Å². The molecule has 0 radical (unpaired) electrons. The van der Waals surface area contributed by atoms with Crippen molar-refractivity contribution in [3.05, 3.63) is 0 Å². The molecule has 0 N–H and O–H groups in total. The molecule has 4 nitrogen and oxygen atoms in total. The number of rotatable bonds is 6. The second kappa shape index (κ2) is 6.25. The molecule has 0 bridgehead atoms. The molecule has 0 amide bonds. The number of hydrogen-bond donors (Lipinski definition) is 0. The van der Waals surface area contributed by atoms with E-state index in [-0.39, 0.29) is 11.5 Å². The highest BCUT2D eigenvalue weighted by atomic mass is 16.1. The zero-order valence-electron chi connectivity index (χ0n) is 8.91. The summed E-state index contributed by atoms with van der Waals surface area (Å²) in [5, 5.41) is 0. The van der Waals surface area contributed by atoms with Gasteiger partial charge in [0, 0.05) is 0 Å². The molecule has 0 aliphatic rings. The van der Waals surface area contributed by atoms with Crippen molar-refractivity contribution in [2.75, 3.05) is 6.54 Å². The first-order valence-electron chi connectivity index (χ1n) is 4.66. The van der Waals surface area contributed by atoms with Gasteiger partial charge in [0.05, 0.1) is 12.6 Å². The number of isocyanates is 2. The van der Waals surface area contributed by atoms with Crippen LogP contribution in [0.15, 0.2) is 9.98 Å². The van der Waals surface area contributed by atoms with Crippen LogP contribution in [0.3, 0.4) is 0 Å². The average Bonchev–Trinajstić information content (AvgIpc) is 2.14. The maximum Gasteiger partial charge on any atom is 0.235 e. The van der Waals surface area contributed by atoms with E-state index in [9.17, 15) is 9.59 Å². The first-order chi connectivity index (χ1) is 6.55. The summed E-state index contributed by atoms with van der Waals surface area (Å²) in [5.41, 5.74) is -0.127. The normalized spacial score (nSPS) is 12.5. The van der Waals surface area contributed by atoms with Gasteiger partial charge in [0.25, 0.3) is 0 Å². The Kier molecular flexibility index (Phi) is 5.70. The molecule has 1 atom stereocenters. The molecule has 14 heavy (non-hydrogen) atoms. The van der Waals surface area contributed by atoms with E-state index in [4.69, 9.17) is 0 Å². The van der Waals surface area contributed by atoms with Gasteiger partial charge in [0.15, 0.2) is 0 Å². The molecule has 0 aromatic heterocycles. The molecule has 78 valence electrons. The lowest BCUT2D eigenvalue weighted by atomic mass is 9.85. The van der Waals surface area contributed by atoms with E-state index in [1.807, 2.05) is 20.8 Å². The minimum Gasteiger partial charge on any atom is -0.211 e. The van der Waals surface area contributed by atoms with Crippen molar-refractivity contribution in [3.8, 4) is 0 Å². The number of nitrogens with zero attached hydrogens (tertiary/aromatic N) is 2. The fourth-order valence-electron chi connectivity index (χ4n) is 1.30. The molecule has 0 heterocycles. The van der Waals surface area contributed by atoms with Crippen molar-refractivity contribution in [1.29, 1.82) is 0 Å². The molecular formula is C10H16N2O2. The van der Waals surface area contributed by atoms with Crippen molar-refractivity contribution in [3.63, 3.8) is 0 Å². The number of carbonyl (C=O) groups excluding carboxylic acids is 2. The lowest BCUT2D eigenvalue weighted by molar-refractivity contribution is 0.312. The monoisotopic (exact) mass is 196 g/mol. The molecule has 0 aliphatic carbocycles. The number of aliphatic imine (C=N–C) groups is 2. The molecule has 0 saturated heterocycles. The van der Waals surface area contributed by atoms with Gasteiger partial charge in [0.2, 0.25) is 12.2 Å². The molecule has 4 heteroatoms. The van der Waals surface area contributed by atoms with Crippen molar-refractivity contribution in [1.82, 2.24) is 0 Å². The third-order valence-corrected chi connectivity index (χ3v) is 2.07. The van der Waals surface area contributed by atoms with Gasteiger partial charge >= 0.3 is 0 Å². The Morgan fingerprint density at radius 2 is 1.93 bits per heavy atom. The first-order valence-corrected chi connectivity index (χ1v) is 4.66. The van der Waals surface area contributed by atoms with E-state index in [0.717, 1.165) is 12.8 Å². The van der Waals surface area contributed by atoms with Crippen molar-refractivity contribution in [2.24, 2.45) is 15.4 Å². The zero-order chi connectivity index (χ0) is 11.0. The lowest BCUT2D eigenvalue weighted by Gasteiger charge is -2.24. The predicted octanol–water partition coefficient (Wildman–Crippen LogP) is 1.85. The van der Waals surface area contributed by atoms with Crippen LogP contribution in [0.4, 0.5) is 0 Å². The molecule has 1 unspecified atom stereocenters. The molecule has 0 saturated carbocycles. The van der Waals surface area contributed by atoms with Gasteiger partial charge in [-0.1, -0.05) is 20.8 Å². The Labute approximate surface area is 84.1 Å². The highest BCUT2D eigenvalue weighted by Gasteiger charge is 2.22. The van der Waals surface area contributed by atoms with Crippen LogP contribution in [0.5, 0.6) is 0 Å². The maximum atomic E-state index is 10.1. The summed E-state index contributed by atoms with van der Waals surface area (Å²) in [5.74, 6) is 0. The molecule has 0 rings (SSSR count). The van der Waals surface area contributed by atoms with Gasteiger partial charge in [-0.05, 0) is 18.3 Å². The van der Waals surface area contributed by atoms with Crippen LogP contribution in [0.1, 0.15) is 33.6 Å². The molecule has 0 aromatic carbocycles. The first kappa shape index (κ1) is 12.8. The van der Waals surface area contributed by atoms with Crippen LogP contribution in [0.2, 0.25) is 0 Å². The Morgan fingerprint density at radius 1 is 1.29 bits per heavy atom. The molecule has 0 fully saturated rings. The third kappa shape index (κ3) is 5.41. The standard InChI is InChI=1S/C10H16N2O2/c1-4-9(12-8-14)5-10(2,3)6-11-7-13/h9H,4-6H2,1-3H3. The molecule has 0 aliphatic heterocycles. The summed E-state index contributed by atoms with van der Waals surface area (Å²) in [6.07, 6.45) is 4.60. The van der Waals surface area contributed by atoms with Crippen LogP contribution < -0.4 is 0 Å². The van der Waals surface area contributed by atoms with E-state index in [1.54, 1.807) is 6.08 Å². The largest absolute Gasteiger partial charge is 0.235 e. The van der Waals surface area contributed by atoms with Gasteiger partial charge in [-0.3, -0.25) is 0 Å². The Hall–Kier alpha value is -1.24. The van der Waals surface area contributed by atoms with Crippen LogP contribution in [0.25, 0.3) is 0 Å². The van der Waals surface area contributed by atoms with E-state index >= 15 is 0 Å². The third-order valence-electron chi connectivity index (χ3n) is 2.07. The quantitative estimate of drug-likeness (QED) is 0.481. The summed E-state index contributed by atoms with van der Waals surface area (Å²) in [4.78, 5) is 27.3. The van der Waals surface area contributed by atoms with Gasteiger partial charge in [-0.2, -0.15) is 0 Å². The summed E-state index contributed by atoms with van der Waals surface area (Å²) < 4.78 is 0. The minimum atomic E-state index is -0.127. The Bertz CT molecular complexity index is 261. The van der Waals surface area contributed by atoms with E-state index < -0.39 is 0 Å². The second-order valence-corrected chi connectivity index (χ2v) is 4.06. The smallest absolute Gasteiger partial charge is 0.211 e. The van der Waals surface area contributed by atoms with Gasteiger partial charge in [-0.15, -0.1) is 0 Å². The SMILES string of the molecule is CCC(CC(C)(C)CN=C=O)N=C=O. The fraction of sp³-hybridized carbons (Fsp3) is 0.800. The molecule has 0 spiro atoms. The summed E-state index contributed by atoms with van der Waals surface area (Å²) in [6, 6.07) is -0.0237. The lowest BCUT2D eigenvalue weighted by Crippen LogP contribution is -2.22. The molecule has 0 aromatic rings. The van der Waals surface area contributed by atoms with Crippen LogP contribution in [-0.2, 0) is 9.59 Å². The number of hydrogen-bond acceptors (Lipinski definition) is 4. The van der Waals surface area contributed by atoms with Crippen molar-refractivity contribution in [2.45, 2.75) is 39.7 Å². The Balaban J connectivity index is 4.29. The van der Waals surface area contributed by atoms with Crippen LogP contribution >= 0.6 is 0 Å². The average molecular weight is 196 g/mol. The Morgan fingerprint density at radius 3 is 2.36 bits per heavy atom. The maximum absolute atomic E-state index is 10.1. The van der Waals surface area contributed by atoms with E-state index in [1.165, 1.54) is 6.08 Å². The topological polar surface area (TPSA) is 58.9 Å².